The van der Waals surface area contributed by atoms with E-state index in [0.717, 1.165) is 4.90 Å². The molecule has 3 aromatic rings. The second kappa shape index (κ2) is 9.54. The Labute approximate surface area is 183 Å². The molecule has 3 aromatic carbocycles. The molecule has 8 nitrogen and oxygen atoms in total. The highest BCUT2D eigenvalue weighted by atomic mass is 32.2. The highest BCUT2D eigenvalue weighted by molar-refractivity contribution is 8.00. The van der Waals surface area contributed by atoms with Crippen LogP contribution in [0.1, 0.15) is 10.4 Å². The number of carbonyl (C=O) groups excluding carboxylic acids is 1. The number of hydrogen-bond donors (Lipinski definition) is 4. The molecule has 0 saturated carbocycles. The Morgan fingerprint density at radius 1 is 0.903 bits per heavy atom. The largest absolute Gasteiger partial charge is 0.507 e. The number of phenols is 1. The molecular weight excluding hydrogens is 440 g/mol. The van der Waals surface area contributed by atoms with E-state index in [0.29, 0.717) is 5.69 Å². The predicted molar refractivity (Wildman–Crippen MR) is 118 cm³/mol. The van der Waals surface area contributed by atoms with Crippen molar-refractivity contribution in [3.63, 3.8) is 0 Å². The molecule has 31 heavy (non-hydrogen) atoms. The van der Waals surface area contributed by atoms with Crippen LogP contribution >= 0.6 is 11.8 Å². The number of nitrogens with one attached hydrogen (secondary N) is 2. The highest BCUT2D eigenvalue weighted by Crippen LogP contribution is 2.24. The zero-order valence-corrected chi connectivity index (χ0v) is 17.6. The lowest BCUT2D eigenvalue weighted by Gasteiger charge is -2.09. The standard InChI is InChI=1S/C21H18N2O6S2/c24-19-11-8-15(12-18(19)21(26)27)22-20(25)13-30-16-9-6-14(7-10-16)23-31(28,29)17-4-2-1-3-5-17/h1-12,23-24H,13H2,(H,22,25)(H,26,27). The van der Waals surface area contributed by atoms with Gasteiger partial charge in [0.25, 0.3) is 10.0 Å². The Morgan fingerprint density at radius 3 is 2.19 bits per heavy atom. The molecule has 0 atom stereocenters. The van der Waals surface area contributed by atoms with Crippen molar-refractivity contribution in [2.24, 2.45) is 0 Å². The van der Waals surface area contributed by atoms with Gasteiger partial charge in [0.1, 0.15) is 11.3 Å². The summed E-state index contributed by atoms with van der Waals surface area (Å²) in [5.41, 5.74) is 0.341. The first-order valence-corrected chi connectivity index (χ1v) is 11.4. The van der Waals surface area contributed by atoms with Crippen LogP contribution in [-0.4, -0.2) is 36.3 Å². The Morgan fingerprint density at radius 2 is 1.55 bits per heavy atom. The summed E-state index contributed by atoms with van der Waals surface area (Å²) in [6, 6.07) is 18.3. The molecule has 1 amide bonds. The predicted octanol–water partition coefficient (Wildman–Crippen LogP) is 3.62. The molecule has 0 bridgehead atoms. The van der Waals surface area contributed by atoms with E-state index in [2.05, 4.69) is 10.0 Å². The third-order valence-corrected chi connectivity index (χ3v) is 6.45. The van der Waals surface area contributed by atoms with Crippen LogP contribution in [-0.2, 0) is 14.8 Å². The molecule has 0 aromatic heterocycles. The summed E-state index contributed by atoms with van der Waals surface area (Å²) in [4.78, 5) is 24.1. The summed E-state index contributed by atoms with van der Waals surface area (Å²) < 4.78 is 27.2. The molecule has 160 valence electrons. The molecule has 0 saturated heterocycles. The number of carboxylic acid groups (broad SMARTS) is 1. The maximum Gasteiger partial charge on any atom is 0.339 e. The van der Waals surface area contributed by atoms with E-state index in [1.165, 1.54) is 42.1 Å². The molecule has 0 radical (unpaired) electrons. The van der Waals surface area contributed by atoms with Gasteiger partial charge in [-0.1, -0.05) is 18.2 Å². The van der Waals surface area contributed by atoms with Crippen LogP contribution in [0.3, 0.4) is 0 Å². The highest BCUT2D eigenvalue weighted by Gasteiger charge is 2.14. The topological polar surface area (TPSA) is 133 Å². The zero-order valence-electron chi connectivity index (χ0n) is 16.0. The lowest BCUT2D eigenvalue weighted by Crippen LogP contribution is -2.14. The number of amides is 1. The number of benzene rings is 3. The van der Waals surface area contributed by atoms with E-state index in [1.54, 1.807) is 42.5 Å². The van der Waals surface area contributed by atoms with Gasteiger partial charge in [-0.15, -0.1) is 11.8 Å². The zero-order chi connectivity index (χ0) is 22.4. The van der Waals surface area contributed by atoms with Gasteiger partial charge in [0.2, 0.25) is 5.91 Å². The second-order valence-electron chi connectivity index (χ2n) is 6.32. The lowest BCUT2D eigenvalue weighted by molar-refractivity contribution is -0.113. The van der Waals surface area contributed by atoms with Gasteiger partial charge in [-0.25, -0.2) is 13.2 Å². The number of thioether (sulfide) groups is 1. The Bertz CT molecular complexity index is 1200. The molecule has 0 aliphatic heterocycles. The number of aromatic carboxylic acids is 1. The van der Waals surface area contributed by atoms with Gasteiger partial charge in [0, 0.05) is 16.3 Å². The van der Waals surface area contributed by atoms with E-state index in [9.17, 15) is 23.1 Å². The quantitative estimate of drug-likeness (QED) is 0.299. The average Bonchev–Trinajstić information content (AvgIpc) is 2.75. The molecule has 3 rings (SSSR count). The Balaban J connectivity index is 1.56. The van der Waals surface area contributed by atoms with Crippen LogP contribution in [0.5, 0.6) is 5.75 Å². The molecule has 0 aliphatic rings. The number of sulfonamides is 1. The number of aromatic hydroxyl groups is 1. The van der Waals surface area contributed by atoms with Crippen LogP contribution in [0.4, 0.5) is 11.4 Å². The third kappa shape index (κ3) is 6.00. The minimum absolute atomic E-state index is 0.0539. The first kappa shape index (κ1) is 22.2. The maximum absolute atomic E-state index is 12.3. The normalized spacial score (nSPS) is 11.0. The number of anilines is 2. The minimum atomic E-state index is -3.68. The van der Waals surface area contributed by atoms with Gasteiger partial charge in [-0.3, -0.25) is 9.52 Å². The molecule has 0 spiro atoms. The Hall–Kier alpha value is -3.50. The van der Waals surface area contributed by atoms with E-state index >= 15 is 0 Å². The fraction of sp³-hybridized carbons (Fsp3) is 0.0476. The van der Waals surface area contributed by atoms with Crippen LogP contribution < -0.4 is 10.0 Å². The summed E-state index contributed by atoms with van der Waals surface area (Å²) in [6.07, 6.45) is 0. The minimum Gasteiger partial charge on any atom is -0.507 e. The number of hydrogen-bond acceptors (Lipinski definition) is 6. The summed E-state index contributed by atoms with van der Waals surface area (Å²) >= 11 is 1.23. The van der Waals surface area contributed by atoms with E-state index < -0.39 is 16.0 Å². The second-order valence-corrected chi connectivity index (χ2v) is 9.05. The maximum atomic E-state index is 12.3. The van der Waals surface area contributed by atoms with Gasteiger partial charge in [0.05, 0.1) is 10.6 Å². The van der Waals surface area contributed by atoms with E-state index in [4.69, 9.17) is 5.11 Å². The molecule has 0 heterocycles. The molecule has 0 unspecified atom stereocenters. The van der Waals surface area contributed by atoms with Crippen LogP contribution in [0.15, 0.2) is 82.6 Å². The fourth-order valence-electron chi connectivity index (χ4n) is 2.56. The van der Waals surface area contributed by atoms with E-state index in [1.807, 2.05) is 0 Å². The third-order valence-electron chi connectivity index (χ3n) is 4.04. The molecule has 0 aliphatic carbocycles. The summed E-state index contributed by atoms with van der Waals surface area (Å²) in [5, 5.41) is 21.1. The van der Waals surface area contributed by atoms with Crippen LogP contribution in [0, 0.1) is 0 Å². The molecular formula is C21H18N2O6S2. The first-order valence-electron chi connectivity index (χ1n) is 8.91. The van der Waals surface area contributed by atoms with Gasteiger partial charge < -0.3 is 15.5 Å². The lowest BCUT2D eigenvalue weighted by atomic mass is 10.2. The number of carbonyl (C=O) groups is 2. The van der Waals surface area contributed by atoms with Crippen molar-refractivity contribution in [2.45, 2.75) is 9.79 Å². The molecule has 10 heteroatoms. The van der Waals surface area contributed by atoms with Crippen molar-refractivity contribution >= 4 is 45.0 Å². The fourth-order valence-corrected chi connectivity index (χ4v) is 4.34. The van der Waals surface area contributed by atoms with E-state index in [-0.39, 0.29) is 33.6 Å². The van der Waals surface area contributed by atoms with Gasteiger partial charge in [-0.05, 0) is 54.6 Å². The molecule has 4 N–H and O–H groups in total. The summed E-state index contributed by atoms with van der Waals surface area (Å²) in [6.45, 7) is 0. The monoisotopic (exact) mass is 458 g/mol. The Kier molecular flexibility index (Phi) is 6.83. The van der Waals surface area contributed by atoms with Crippen LogP contribution in [0.2, 0.25) is 0 Å². The van der Waals surface area contributed by atoms with Crippen molar-refractivity contribution in [3.05, 3.63) is 78.4 Å². The van der Waals surface area contributed by atoms with Crippen molar-refractivity contribution in [2.75, 3.05) is 15.8 Å². The van der Waals surface area contributed by atoms with Gasteiger partial charge >= 0.3 is 5.97 Å². The average molecular weight is 459 g/mol. The first-order chi connectivity index (χ1) is 14.7. The number of carboxylic acids is 1. The van der Waals surface area contributed by atoms with Crippen molar-refractivity contribution in [1.82, 2.24) is 0 Å². The summed E-state index contributed by atoms with van der Waals surface area (Å²) in [5.74, 6) is -1.99. The van der Waals surface area contributed by atoms with Crippen molar-refractivity contribution < 1.29 is 28.2 Å². The van der Waals surface area contributed by atoms with Crippen LogP contribution in [0.25, 0.3) is 0 Å². The van der Waals surface area contributed by atoms with Crippen molar-refractivity contribution in [3.8, 4) is 5.75 Å². The number of rotatable bonds is 8. The van der Waals surface area contributed by atoms with Gasteiger partial charge in [-0.2, -0.15) is 0 Å². The summed E-state index contributed by atoms with van der Waals surface area (Å²) in [7, 11) is -3.68. The van der Waals surface area contributed by atoms with Gasteiger partial charge in [0.15, 0.2) is 0 Å². The smallest absolute Gasteiger partial charge is 0.339 e. The molecule has 0 fully saturated rings. The van der Waals surface area contributed by atoms with Crippen molar-refractivity contribution in [1.29, 1.82) is 0 Å². The SMILES string of the molecule is O=C(CSc1ccc(NS(=O)(=O)c2ccccc2)cc1)Nc1ccc(O)c(C(=O)O)c1.